The number of carbonyl (C=O) groups is 1. The molecule has 2 aromatic carbocycles. The Morgan fingerprint density at radius 3 is 2.85 bits per heavy atom. The lowest BCUT2D eigenvalue weighted by molar-refractivity contribution is -0.125. The molecule has 1 N–H and O–H groups in total. The van der Waals surface area contributed by atoms with Gasteiger partial charge in [-0.05, 0) is 42.7 Å². The number of hydrogen-bond acceptors (Lipinski definition) is 4. The number of hydrogen-bond donors (Lipinski definition) is 1. The van der Waals surface area contributed by atoms with Crippen LogP contribution in [0.4, 0.5) is 5.82 Å². The third-order valence-corrected chi connectivity index (χ3v) is 6.53. The smallest absolute Gasteiger partial charge is 0.225 e. The second-order valence-corrected chi connectivity index (χ2v) is 9.07. The van der Waals surface area contributed by atoms with Crippen molar-refractivity contribution in [1.82, 2.24) is 19.9 Å². The number of rotatable bonds is 5. The zero-order valence-corrected chi connectivity index (χ0v) is 19.4. The van der Waals surface area contributed by atoms with E-state index in [-0.39, 0.29) is 11.8 Å². The highest BCUT2D eigenvalue weighted by atomic mass is 35.5. The SMILES string of the molecule is O=C(NCc1cccc(Cl)c1)[C@@H]1CCCN(c2nccn3nc(-c4ccccc4Cl)cc23)C1. The summed E-state index contributed by atoms with van der Waals surface area (Å²) in [6.45, 7) is 1.92. The Morgan fingerprint density at radius 2 is 2.00 bits per heavy atom. The van der Waals surface area contributed by atoms with Crippen LogP contribution < -0.4 is 10.2 Å². The Kier molecular flexibility index (Phi) is 6.20. The summed E-state index contributed by atoms with van der Waals surface area (Å²) in [4.78, 5) is 19.7. The fourth-order valence-electron chi connectivity index (χ4n) is 4.32. The van der Waals surface area contributed by atoms with Gasteiger partial charge in [0.1, 0.15) is 5.52 Å². The number of nitrogens with one attached hydrogen (secondary N) is 1. The second-order valence-electron chi connectivity index (χ2n) is 8.22. The van der Waals surface area contributed by atoms with Crippen molar-refractivity contribution in [1.29, 1.82) is 0 Å². The molecule has 0 aliphatic carbocycles. The van der Waals surface area contributed by atoms with Gasteiger partial charge in [0, 0.05) is 42.6 Å². The van der Waals surface area contributed by atoms with Gasteiger partial charge in [-0.2, -0.15) is 5.10 Å². The molecule has 4 aromatic rings. The summed E-state index contributed by atoms with van der Waals surface area (Å²) in [5.41, 5.74) is 3.56. The minimum absolute atomic E-state index is 0.0527. The summed E-state index contributed by atoms with van der Waals surface area (Å²) < 4.78 is 1.82. The van der Waals surface area contributed by atoms with E-state index in [9.17, 15) is 4.79 Å². The summed E-state index contributed by atoms with van der Waals surface area (Å²) in [5, 5.41) is 9.08. The summed E-state index contributed by atoms with van der Waals surface area (Å²) in [6.07, 6.45) is 5.35. The predicted molar refractivity (Wildman–Crippen MR) is 132 cm³/mol. The van der Waals surface area contributed by atoms with Crippen molar-refractivity contribution in [3.8, 4) is 11.3 Å². The van der Waals surface area contributed by atoms with Crippen LogP contribution in [0.25, 0.3) is 16.8 Å². The number of halogens is 2. The highest BCUT2D eigenvalue weighted by Gasteiger charge is 2.28. The van der Waals surface area contributed by atoms with Crippen molar-refractivity contribution >= 4 is 40.4 Å². The molecule has 0 bridgehead atoms. The number of anilines is 1. The maximum Gasteiger partial charge on any atom is 0.225 e. The van der Waals surface area contributed by atoms with Crippen LogP contribution in [0.2, 0.25) is 10.0 Å². The maximum atomic E-state index is 12.9. The van der Waals surface area contributed by atoms with E-state index >= 15 is 0 Å². The molecule has 1 amide bonds. The van der Waals surface area contributed by atoms with Crippen LogP contribution in [-0.4, -0.2) is 33.6 Å². The second kappa shape index (κ2) is 9.41. The average molecular weight is 480 g/mol. The van der Waals surface area contributed by atoms with Crippen molar-refractivity contribution in [3.05, 3.63) is 82.6 Å². The summed E-state index contributed by atoms with van der Waals surface area (Å²) in [5.74, 6) is 0.776. The molecular weight excluding hydrogens is 457 g/mol. The van der Waals surface area contributed by atoms with E-state index < -0.39 is 0 Å². The van der Waals surface area contributed by atoms with Crippen LogP contribution in [0.1, 0.15) is 18.4 Å². The molecule has 6 nitrogen and oxygen atoms in total. The van der Waals surface area contributed by atoms with Crippen LogP contribution in [0.15, 0.2) is 67.0 Å². The van der Waals surface area contributed by atoms with Gasteiger partial charge in [-0.3, -0.25) is 4.79 Å². The largest absolute Gasteiger partial charge is 0.354 e. The molecule has 3 heterocycles. The van der Waals surface area contributed by atoms with Crippen LogP contribution >= 0.6 is 23.2 Å². The van der Waals surface area contributed by atoms with E-state index in [0.29, 0.717) is 23.1 Å². The molecule has 5 rings (SSSR count). The van der Waals surface area contributed by atoms with E-state index in [0.717, 1.165) is 47.5 Å². The number of carbonyl (C=O) groups excluding carboxylic acids is 1. The Balaban J connectivity index is 1.34. The van der Waals surface area contributed by atoms with Crippen LogP contribution in [-0.2, 0) is 11.3 Å². The quantitative estimate of drug-likeness (QED) is 0.425. The molecule has 33 heavy (non-hydrogen) atoms. The first-order valence-corrected chi connectivity index (χ1v) is 11.7. The third kappa shape index (κ3) is 4.68. The molecule has 0 radical (unpaired) electrons. The topological polar surface area (TPSA) is 62.5 Å². The van der Waals surface area contributed by atoms with Gasteiger partial charge in [0.25, 0.3) is 0 Å². The van der Waals surface area contributed by atoms with Gasteiger partial charge < -0.3 is 10.2 Å². The number of amides is 1. The molecular formula is C25H23Cl2N5O. The summed E-state index contributed by atoms with van der Waals surface area (Å²) in [7, 11) is 0. The van der Waals surface area contributed by atoms with E-state index in [1.54, 1.807) is 6.20 Å². The summed E-state index contributed by atoms with van der Waals surface area (Å²) in [6, 6.07) is 17.2. The summed E-state index contributed by atoms with van der Waals surface area (Å²) >= 11 is 12.4. The minimum atomic E-state index is -0.106. The molecule has 1 fully saturated rings. The standard InChI is InChI=1S/C25H23Cl2N5O/c26-19-7-3-5-17(13-19)15-29-25(33)18-6-4-11-31(16-18)24-23-14-22(30-32(23)12-10-28-24)20-8-1-2-9-21(20)27/h1-3,5,7-10,12-14,18H,4,6,11,15-16H2,(H,29,33)/t18-/m1/s1. The predicted octanol–water partition coefficient (Wildman–Crippen LogP) is 5.24. The molecule has 2 aromatic heterocycles. The first-order valence-electron chi connectivity index (χ1n) is 10.9. The third-order valence-electron chi connectivity index (χ3n) is 5.97. The first-order chi connectivity index (χ1) is 16.1. The van der Waals surface area contributed by atoms with Crippen molar-refractivity contribution in [2.24, 2.45) is 5.92 Å². The molecule has 168 valence electrons. The Morgan fingerprint density at radius 1 is 1.12 bits per heavy atom. The van der Waals surface area contributed by atoms with E-state index in [2.05, 4.69) is 15.2 Å². The van der Waals surface area contributed by atoms with Gasteiger partial charge in [0.2, 0.25) is 5.91 Å². The molecule has 1 atom stereocenters. The molecule has 8 heteroatoms. The molecule has 1 aliphatic rings. The van der Waals surface area contributed by atoms with Gasteiger partial charge in [-0.25, -0.2) is 9.50 Å². The van der Waals surface area contributed by atoms with Gasteiger partial charge >= 0.3 is 0 Å². The number of nitrogens with zero attached hydrogens (tertiary/aromatic N) is 4. The Bertz CT molecular complexity index is 1300. The average Bonchev–Trinajstić information content (AvgIpc) is 3.27. The van der Waals surface area contributed by atoms with Crippen LogP contribution in [0.3, 0.4) is 0 Å². The molecule has 1 saturated heterocycles. The number of fused-ring (bicyclic) bond motifs is 1. The van der Waals surface area contributed by atoms with E-state index in [4.69, 9.17) is 28.3 Å². The highest BCUT2D eigenvalue weighted by molar-refractivity contribution is 6.33. The van der Waals surface area contributed by atoms with Crippen LogP contribution in [0.5, 0.6) is 0 Å². The molecule has 0 spiro atoms. The van der Waals surface area contributed by atoms with Gasteiger partial charge in [-0.1, -0.05) is 53.5 Å². The highest BCUT2D eigenvalue weighted by Crippen LogP contribution is 2.31. The fraction of sp³-hybridized carbons (Fsp3) is 0.240. The molecule has 0 saturated carbocycles. The number of piperidine rings is 1. The molecule has 0 unspecified atom stereocenters. The first kappa shape index (κ1) is 21.7. The lowest BCUT2D eigenvalue weighted by Crippen LogP contribution is -2.43. The lowest BCUT2D eigenvalue weighted by Gasteiger charge is -2.33. The number of benzene rings is 2. The van der Waals surface area contributed by atoms with Gasteiger partial charge in [0.15, 0.2) is 5.82 Å². The maximum absolute atomic E-state index is 12.9. The van der Waals surface area contributed by atoms with E-state index in [1.807, 2.05) is 65.3 Å². The fourth-order valence-corrected chi connectivity index (χ4v) is 4.76. The monoisotopic (exact) mass is 479 g/mol. The Hall–Kier alpha value is -3.09. The number of aromatic nitrogens is 3. The molecule has 1 aliphatic heterocycles. The van der Waals surface area contributed by atoms with Gasteiger partial charge in [-0.15, -0.1) is 0 Å². The van der Waals surface area contributed by atoms with Crippen LogP contribution in [0, 0.1) is 5.92 Å². The Labute approximate surface area is 202 Å². The van der Waals surface area contributed by atoms with Crippen molar-refractivity contribution in [2.45, 2.75) is 19.4 Å². The van der Waals surface area contributed by atoms with Crippen molar-refractivity contribution in [2.75, 3.05) is 18.0 Å². The zero-order valence-electron chi connectivity index (χ0n) is 17.9. The van der Waals surface area contributed by atoms with Crippen molar-refractivity contribution < 1.29 is 4.79 Å². The van der Waals surface area contributed by atoms with Crippen molar-refractivity contribution in [3.63, 3.8) is 0 Å². The minimum Gasteiger partial charge on any atom is -0.354 e. The lowest BCUT2D eigenvalue weighted by atomic mass is 9.97. The van der Waals surface area contributed by atoms with E-state index in [1.165, 1.54) is 0 Å². The normalized spacial score (nSPS) is 16.2. The zero-order chi connectivity index (χ0) is 22.8. The van der Waals surface area contributed by atoms with Gasteiger partial charge in [0.05, 0.1) is 16.6 Å².